The van der Waals surface area contributed by atoms with Crippen molar-refractivity contribution in [3.63, 3.8) is 0 Å². The van der Waals surface area contributed by atoms with Crippen LogP contribution < -0.4 is 10.1 Å². The summed E-state index contributed by atoms with van der Waals surface area (Å²) in [6.45, 7) is 0. The van der Waals surface area contributed by atoms with Crippen LogP contribution in [0.15, 0.2) is 91.0 Å². The predicted octanol–water partition coefficient (Wildman–Crippen LogP) is 5.21. The Hall–Kier alpha value is -4.71. The van der Waals surface area contributed by atoms with Gasteiger partial charge in [0.05, 0.1) is 16.8 Å². The second-order valence-electron chi connectivity index (χ2n) is 7.46. The van der Waals surface area contributed by atoms with E-state index in [0.29, 0.717) is 11.3 Å². The normalized spacial score (nSPS) is 12.0. The van der Waals surface area contributed by atoms with Gasteiger partial charge in [-0.15, -0.1) is 0 Å². The molecule has 0 bridgehead atoms. The van der Waals surface area contributed by atoms with Crippen LogP contribution in [0.4, 0.5) is 5.69 Å². The molecule has 0 radical (unpaired) electrons. The van der Waals surface area contributed by atoms with E-state index in [-0.39, 0.29) is 33.7 Å². The van der Waals surface area contributed by atoms with Gasteiger partial charge in [0.25, 0.3) is 5.91 Å². The molecule has 2 N–H and O–H groups in total. The maximum atomic E-state index is 13.5. The Morgan fingerprint density at radius 1 is 0.727 bits per heavy atom. The number of anilines is 1. The van der Waals surface area contributed by atoms with E-state index in [1.165, 1.54) is 12.1 Å². The molecule has 0 aromatic heterocycles. The van der Waals surface area contributed by atoms with Gasteiger partial charge in [0.1, 0.15) is 11.5 Å². The van der Waals surface area contributed by atoms with Gasteiger partial charge in [-0.25, -0.2) is 0 Å². The van der Waals surface area contributed by atoms with Gasteiger partial charge >= 0.3 is 0 Å². The summed E-state index contributed by atoms with van der Waals surface area (Å²) >= 11 is 0. The quantitative estimate of drug-likeness (QED) is 0.378. The Kier molecular flexibility index (Phi) is 4.95. The number of phenols is 1. The summed E-state index contributed by atoms with van der Waals surface area (Å²) in [4.78, 5) is 39.7. The van der Waals surface area contributed by atoms with E-state index in [9.17, 15) is 19.5 Å². The minimum Gasteiger partial charge on any atom is -0.507 e. The molecule has 0 heterocycles. The topological polar surface area (TPSA) is 92.7 Å². The number of rotatable bonds is 4. The minimum absolute atomic E-state index is 0.0216. The summed E-state index contributed by atoms with van der Waals surface area (Å²) in [5.74, 6) is -1.40. The van der Waals surface area contributed by atoms with Crippen molar-refractivity contribution in [2.24, 2.45) is 0 Å². The molecule has 0 aliphatic heterocycles. The smallest absolute Gasteiger partial charge is 0.255 e. The lowest BCUT2D eigenvalue weighted by atomic mass is 9.82. The molecule has 4 aromatic carbocycles. The van der Waals surface area contributed by atoms with Crippen molar-refractivity contribution < 1.29 is 24.2 Å². The number of fused-ring (bicyclic) bond motifs is 2. The van der Waals surface area contributed by atoms with Crippen molar-refractivity contribution in [3.05, 3.63) is 119 Å². The van der Waals surface area contributed by atoms with E-state index in [2.05, 4.69) is 5.32 Å². The first kappa shape index (κ1) is 20.2. The lowest BCUT2D eigenvalue weighted by Crippen LogP contribution is -2.24. The van der Waals surface area contributed by atoms with Gasteiger partial charge in [0.15, 0.2) is 17.3 Å². The van der Waals surface area contributed by atoms with Crippen molar-refractivity contribution in [2.45, 2.75) is 0 Å². The van der Waals surface area contributed by atoms with E-state index >= 15 is 0 Å². The SMILES string of the molecule is O=C(Nc1c(Oc2ccccc2)cc(O)c2c1C(=O)c1ccccc1C2=O)c1ccccc1. The molecule has 1 amide bonds. The molecule has 0 saturated heterocycles. The van der Waals surface area contributed by atoms with Crippen LogP contribution in [-0.4, -0.2) is 22.6 Å². The highest BCUT2D eigenvalue weighted by atomic mass is 16.5. The van der Waals surface area contributed by atoms with Crippen molar-refractivity contribution in [1.29, 1.82) is 0 Å². The van der Waals surface area contributed by atoms with Crippen molar-refractivity contribution in [1.82, 2.24) is 0 Å². The molecule has 33 heavy (non-hydrogen) atoms. The lowest BCUT2D eigenvalue weighted by Gasteiger charge is -2.23. The second-order valence-corrected chi connectivity index (χ2v) is 7.46. The van der Waals surface area contributed by atoms with E-state index in [0.717, 1.165) is 0 Å². The largest absolute Gasteiger partial charge is 0.507 e. The number of carbonyl (C=O) groups excluding carboxylic acids is 3. The molecule has 0 atom stereocenters. The predicted molar refractivity (Wildman–Crippen MR) is 122 cm³/mol. The lowest BCUT2D eigenvalue weighted by molar-refractivity contribution is 0.0976. The number of hydrogen-bond acceptors (Lipinski definition) is 5. The fourth-order valence-corrected chi connectivity index (χ4v) is 3.85. The molecule has 5 rings (SSSR count). The van der Waals surface area contributed by atoms with E-state index < -0.39 is 23.2 Å². The Morgan fingerprint density at radius 3 is 1.91 bits per heavy atom. The third kappa shape index (κ3) is 3.53. The van der Waals surface area contributed by atoms with E-state index in [4.69, 9.17) is 4.74 Å². The third-order valence-electron chi connectivity index (χ3n) is 5.39. The monoisotopic (exact) mass is 435 g/mol. The summed E-state index contributed by atoms with van der Waals surface area (Å²) in [6, 6.07) is 24.8. The Bertz CT molecular complexity index is 1410. The zero-order valence-corrected chi connectivity index (χ0v) is 17.2. The number of aromatic hydroxyl groups is 1. The van der Waals surface area contributed by atoms with Crippen LogP contribution in [0.3, 0.4) is 0 Å². The average Bonchev–Trinajstić information content (AvgIpc) is 2.85. The summed E-state index contributed by atoms with van der Waals surface area (Å²) in [5.41, 5.74) is 0.508. The van der Waals surface area contributed by atoms with Crippen molar-refractivity contribution >= 4 is 23.2 Å². The molecule has 6 heteroatoms. The number of para-hydroxylation sites is 1. The highest BCUT2D eigenvalue weighted by Gasteiger charge is 2.36. The van der Waals surface area contributed by atoms with Gasteiger partial charge < -0.3 is 15.2 Å². The molecule has 0 saturated carbocycles. The van der Waals surface area contributed by atoms with Crippen LogP contribution >= 0.6 is 0 Å². The van der Waals surface area contributed by atoms with Crippen molar-refractivity contribution in [2.75, 3.05) is 5.32 Å². The van der Waals surface area contributed by atoms with E-state index in [1.807, 2.05) is 6.07 Å². The standard InChI is InChI=1S/C27H17NO5/c29-20-15-21(33-17-11-5-2-6-12-17)24(28-27(32)16-9-3-1-4-10-16)23-22(20)25(30)18-13-7-8-14-19(18)26(23)31/h1-15,29H,(H,28,32). The summed E-state index contributed by atoms with van der Waals surface area (Å²) in [6.07, 6.45) is 0. The molecule has 4 aromatic rings. The zero-order chi connectivity index (χ0) is 22.9. The molecule has 6 nitrogen and oxygen atoms in total. The summed E-state index contributed by atoms with van der Waals surface area (Å²) in [5, 5.41) is 13.5. The molecular formula is C27H17NO5. The number of nitrogens with one attached hydrogen (secondary N) is 1. The Balaban J connectivity index is 1.71. The first-order valence-corrected chi connectivity index (χ1v) is 10.2. The van der Waals surface area contributed by atoms with Gasteiger partial charge in [-0.3, -0.25) is 14.4 Å². The highest BCUT2D eigenvalue weighted by Crippen LogP contribution is 2.44. The maximum absolute atomic E-state index is 13.5. The highest BCUT2D eigenvalue weighted by molar-refractivity contribution is 6.32. The molecule has 0 unspecified atom stereocenters. The molecule has 0 spiro atoms. The number of ether oxygens (including phenoxy) is 1. The number of benzene rings is 4. The van der Waals surface area contributed by atoms with Crippen LogP contribution in [0.2, 0.25) is 0 Å². The number of hydrogen-bond donors (Lipinski definition) is 2. The summed E-state index contributed by atoms with van der Waals surface area (Å²) < 4.78 is 5.93. The van der Waals surface area contributed by atoms with Crippen LogP contribution in [0.1, 0.15) is 42.2 Å². The molecule has 0 fully saturated rings. The third-order valence-corrected chi connectivity index (χ3v) is 5.39. The first-order chi connectivity index (χ1) is 16.0. The second kappa shape index (κ2) is 8.09. The van der Waals surface area contributed by atoms with Gasteiger partial charge in [-0.1, -0.05) is 60.7 Å². The number of phenolic OH excluding ortho intramolecular Hbond substituents is 1. The van der Waals surface area contributed by atoms with Crippen LogP contribution in [0.25, 0.3) is 0 Å². The van der Waals surface area contributed by atoms with Gasteiger partial charge in [-0.2, -0.15) is 0 Å². The minimum atomic E-state index is -0.501. The van der Waals surface area contributed by atoms with Crippen LogP contribution in [0, 0.1) is 0 Å². The first-order valence-electron chi connectivity index (χ1n) is 10.2. The van der Waals surface area contributed by atoms with Gasteiger partial charge in [-0.05, 0) is 24.3 Å². The fraction of sp³-hybridized carbons (Fsp3) is 0. The fourth-order valence-electron chi connectivity index (χ4n) is 3.85. The van der Waals surface area contributed by atoms with Crippen LogP contribution in [0.5, 0.6) is 17.2 Å². The molecule has 1 aliphatic rings. The number of amides is 1. The number of ketones is 2. The van der Waals surface area contributed by atoms with Gasteiger partial charge in [0, 0.05) is 22.8 Å². The van der Waals surface area contributed by atoms with E-state index in [1.54, 1.807) is 72.8 Å². The maximum Gasteiger partial charge on any atom is 0.255 e. The zero-order valence-electron chi connectivity index (χ0n) is 17.2. The Morgan fingerprint density at radius 2 is 1.27 bits per heavy atom. The molecule has 160 valence electrons. The van der Waals surface area contributed by atoms with Crippen LogP contribution in [-0.2, 0) is 0 Å². The average molecular weight is 435 g/mol. The molecule has 1 aliphatic carbocycles. The molecular weight excluding hydrogens is 418 g/mol. The summed E-state index contributed by atoms with van der Waals surface area (Å²) in [7, 11) is 0. The Labute approximate surface area is 189 Å². The van der Waals surface area contributed by atoms with Gasteiger partial charge in [0.2, 0.25) is 0 Å². The number of carbonyl (C=O) groups is 3. The van der Waals surface area contributed by atoms with Crippen molar-refractivity contribution in [3.8, 4) is 17.2 Å².